The van der Waals surface area contributed by atoms with E-state index in [0.717, 1.165) is 62.0 Å². The van der Waals surface area contributed by atoms with Crippen molar-refractivity contribution in [2.45, 2.75) is 25.7 Å². The van der Waals surface area contributed by atoms with Crippen LogP contribution in [0.5, 0.6) is 0 Å². The van der Waals surface area contributed by atoms with E-state index < -0.39 is 0 Å². The molecular weight excluding hydrogens is 336 g/mol. The molecule has 0 N–H and O–H groups in total. The minimum absolute atomic E-state index is 0.0355. The quantitative estimate of drug-likeness (QED) is 0.833. The van der Waals surface area contributed by atoms with Crippen LogP contribution in [0.3, 0.4) is 0 Å². The highest BCUT2D eigenvalue weighted by Crippen LogP contribution is 2.27. The topological polar surface area (TPSA) is 40.6 Å². The van der Waals surface area contributed by atoms with Crippen LogP contribution in [-0.4, -0.2) is 47.8 Å². The van der Waals surface area contributed by atoms with E-state index in [9.17, 15) is 9.59 Å². The zero-order valence-corrected chi connectivity index (χ0v) is 15.6. The fourth-order valence-electron chi connectivity index (χ4n) is 4.27. The van der Waals surface area contributed by atoms with Gasteiger partial charge in [0.25, 0.3) is 5.91 Å². The summed E-state index contributed by atoms with van der Waals surface area (Å²) in [5.41, 5.74) is 2.72. The van der Waals surface area contributed by atoms with E-state index in [0.29, 0.717) is 6.54 Å². The average molecular weight is 362 g/mol. The van der Waals surface area contributed by atoms with Crippen molar-refractivity contribution in [3.8, 4) is 11.1 Å². The van der Waals surface area contributed by atoms with E-state index in [1.54, 1.807) is 0 Å². The Hall–Kier alpha value is -2.62. The summed E-state index contributed by atoms with van der Waals surface area (Å²) in [4.78, 5) is 29.9. The fourth-order valence-corrected chi connectivity index (χ4v) is 4.27. The largest absolute Gasteiger partial charge is 0.342 e. The van der Waals surface area contributed by atoms with Gasteiger partial charge < -0.3 is 9.80 Å². The summed E-state index contributed by atoms with van der Waals surface area (Å²) in [7, 11) is 0. The van der Waals surface area contributed by atoms with Crippen LogP contribution in [-0.2, 0) is 4.79 Å². The number of carbonyl (C=O) groups is 2. The third-order valence-corrected chi connectivity index (χ3v) is 5.72. The molecule has 0 aromatic heterocycles. The van der Waals surface area contributed by atoms with Gasteiger partial charge in [0.2, 0.25) is 5.91 Å². The van der Waals surface area contributed by atoms with Crippen LogP contribution in [0.4, 0.5) is 0 Å². The standard InChI is InChI=1S/C23H26N2O2/c26-22(24-14-6-7-15-24)19-11-8-16-25(17-19)23(27)21-13-5-4-12-20(21)18-9-2-1-3-10-18/h1-5,9-10,12-13,19H,6-8,11,14-17H2/t19-/m1/s1. The summed E-state index contributed by atoms with van der Waals surface area (Å²) in [5.74, 6) is 0.222. The molecular formula is C23H26N2O2. The molecule has 2 aliphatic rings. The van der Waals surface area contributed by atoms with Crippen molar-refractivity contribution in [2.75, 3.05) is 26.2 Å². The number of nitrogens with zero attached hydrogens (tertiary/aromatic N) is 2. The maximum Gasteiger partial charge on any atom is 0.254 e. The van der Waals surface area contributed by atoms with E-state index in [1.807, 2.05) is 64.4 Å². The van der Waals surface area contributed by atoms with Gasteiger partial charge >= 0.3 is 0 Å². The molecule has 0 radical (unpaired) electrons. The highest BCUT2D eigenvalue weighted by molar-refractivity contribution is 6.01. The number of amides is 2. The van der Waals surface area contributed by atoms with Gasteiger partial charge in [-0.15, -0.1) is 0 Å². The summed E-state index contributed by atoms with van der Waals surface area (Å²) in [6.07, 6.45) is 3.99. The molecule has 2 saturated heterocycles. The van der Waals surface area contributed by atoms with Crippen molar-refractivity contribution < 1.29 is 9.59 Å². The third-order valence-electron chi connectivity index (χ3n) is 5.72. The van der Waals surface area contributed by atoms with Crippen molar-refractivity contribution >= 4 is 11.8 Å². The molecule has 2 amide bonds. The Morgan fingerprint density at radius 1 is 0.778 bits per heavy atom. The third kappa shape index (κ3) is 3.75. The molecule has 1 atom stereocenters. The SMILES string of the molecule is O=C(c1ccccc1-c1ccccc1)N1CCC[C@@H](C(=O)N2CCCC2)C1. The second-order valence-corrected chi connectivity index (χ2v) is 7.53. The molecule has 27 heavy (non-hydrogen) atoms. The monoisotopic (exact) mass is 362 g/mol. The zero-order chi connectivity index (χ0) is 18.6. The number of benzene rings is 2. The van der Waals surface area contributed by atoms with Gasteiger partial charge in [-0.05, 0) is 42.9 Å². The van der Waals surface area contributed by atoms with E-state index in [2.05, 4.69) is 0 Å². The van der Waals surface area contributed by atoms with E-state index in [-0.39, 0.29) is 17.7 Å². The average Bonchev–Trinajstić information content (AvgIpc) is 3.28. The Bertz CT molecular complexity index is 812. The van der Waals surface area contributed by atoms with Crippen molar-refractivity contribution in [2.24, 2.45) is 5.92 Å². The first-order valence-corrected chi connectivity index (χ1v) is 9.96. The number of piperidine rings is 1. The van der Waals surface area contributed by atoms with Gasteiger partial charge in [0.15, 0.2) is 0 Å². The van der Waals surface area contributed by atoms with Crippen LogP contribution < -0.4 is 0 Å². The highest BCUT2D eigenvalue weighted by atomic mass is 16.2. The van der Waals surface area contributed by atoms with Gasteiger partial charge in [-0.2, -0.15) is 0 Å². The lowest BCUT2D eigenvalue weighted by atomic mass is 9.94. The predicted octanol–water partition coefficient (Wildman–Crippen LogP) is 3.83. The van der Waals surface area contributed by atoms with Gasteiger partial charge in [0.05, 0.1) is 5.92 Å². The summed E-state index contributed by atoms with van der Waals surface area (Å²) < 4.78 is 0. The number of carbonyl (C=O) groups excluding carboxylic acids is 2. The Labute approximate surface area is 160 Å². The molecule has 0 unspecified atom stereocenters. The Balaban J connectivity index is 1.54. The first kappa shape index (κ1) is 17.8. The minimum Gasteiger partial charge on any atom is -0.342 e. The first-order chi connectivity index (χ1) is 13.2. The lowest BCUT2D eigenvalue weighted by Gasteiger charge is -2.34. The van der Waals surface area contributed by atoms with E-state index >= 15 is 0 Å². The van der Waals surface area contributed by atoms with Crippen LogP contribution in [0, 0.1) is 5.92 Å². The summed E-state index contributed by atoms with van der Waals surface area (Å²) >= 11 is 0. The predicted molar refractivity (Wildman–Crippen MR) is 106 cm³/mol. The van der Waals surface area contributed by atoms with Crippen molar-refractivity contribution in [3.63, 3.8) is 0 Å². The Morgan fingerprint density at radius 2 is 1.44 bits per heavy atom. The maximum absolute atomic E-state index is 13.3. The molecule has 2 aromatic carbocycles. The van der Waals surface area contributed by atoms with Gasteiger partial charge in [0.1, 0.15) is 0 Å². The summed E-state index contributed by atoms with van der Waals surface area (Å²) in [6, 6.07) is 17.8. The smallest absolute Gasteiger partial charge is 0.254 e. The Morgan fingerprint density at radius 3 is 2.22 bits per heavy atom. The lowest BCUT2D eigenvalue weighted by Crippen LogP contribution is -2.46. The molecule has 0 bridgehead atoms. The second kappa shape index (κ2) is 7.95. The van der Waals surface area contributed by atoms with Crippen LogP contribution in [0.2, 0.25) is 0 Å². The lowest BCUT2D eigenvalue weighted by molar-refractivity contribution is -0.135. The van der Waals surface area contributed by atoms with Gasteiger partial charge in [-0.25, -0.2) is 0 Å². The fraction of sp³-hybridized carbons (Fsp3) is 0.391. The number of hydrogen-bond acceptors (Lipinski definition) is 2. The molecule has 0 saturated carbocycles. The summed E-state index contributed by atoms with van der Waals surface area (Å²) in [6.45, 7) is 3.02. The molecule has 2 heterocycles. The highest BCUT2D eigenvalue weighted by Gasteiger charge is 2.32. The van der Waals surface area contributed by atoms with Crippen LogP contribution in [0.25, 0.3) is 11.1 Å². The molecule has 0 aliphatic carbocycles. The van der Waals surface area contributed by atoms with Gasteiger partial charge in [-0.1, -0.05) is 48.5 Å². The first-order valence-electron chi connectivity index (χ1n) is 9.96. The van der Waals surface area contributed by atoms with E-state index in [1.165, 1.54) is 0 Å². The molecule has 0 spiro atoms. The molecule has 2 aromatic rings. The van der Waals surface area contributed by atoms with Gasteiger partial charge in [-0.3, -0.25) is 9.59 Å². The molecule has 4 rings (SSSR count). The zero-order valence-electron chi connectivity index (χ0n) is 15.6. The minimum atomic E-state index is -0.0512. The molecule has 140 valence electrons. The molecule has 4 nitrogen and oxygen atoms in total. The normalized spacial score (nSPS) is 19.9. The maximum atomic E-state index is 13.3. The summed E-state index contributed by atoms with van der Waals surface area (Å²) in [5, 5.41) is 0. The second-order valence-electron chi connectivity index (χ2n) is 7.53. The molecule has 2 aliphatic heterocycles. The van der Waals surface area contributed by atoms with Crippen LogP contribution in [0.1, 0.15) is 36.0 Å². The number of likely N-dealkylation sites (tertiary alicyclic amines) is 2. The number of hydrogen-bond donors (Lipinski definition) is 0. The van der Waals surface area contributed by atoms with Crippen LogP contribution in [0.15, 0.2) is 54.6 Å². The molecule has 2 fully saturated rings. The van der Waals surface area contributed by atoms with Crippen LogP contribution >= 0.6 is 0 Å². The Kier molecular flexibility index (Phi) is 5.23. The van der Waals surface area contributed by atoms with Crippen molar-refractivity contribution in [1.82, 2.24) is 9.80 Å². The van der Waals surface area contributed by atoms with E-state index in [4.69, 9.17) is 0 Å². The van der Waals surface area contributed by atoms with Crippen molar-refractivity contribution in [3.05, 3.63) is 60.2 Å². The van der Waals surface area contributed by atoms with Gasteiger partial charge in [0, 0.05) is 31.7 Å². The van der Waals surface area contributed by atoms with Crippen molar-refractivity contribution in [1.29, 1.82) is 0 Å². The number of rotatable bonds is 3. The molecule has 4 heteroatoms.